The molecule has 1 unspecified atom stereocenters. The fourth-order valence-corrected chi connectivity index (χ4v) is 2.67. The zero-order valence-corrected chi connectivity index (χ0v) is 10.5. The van der Waals surface area contributed by atoms with E-state index < -0.39 is 0 Å². The van der Waals surface area contributed by atoms with Crippen LogP contribution in [0.4, 0.5) is 10.1 Å². The Morgan fingerprint density at radius 1 is 1.44 bits per heavy atom. The predicted molar refractivity (Wildman–Crippen MR) is 69.1 cm³/mol. The average molecular weight is 266 g/mol. The first-order valence-electron chi connectivity index (χ1n) is 5.89. The molecule has 94 valence electrons. The molecule has 0 bridgehead atoms. The van der Waals surface area contributed by atoms with Crippen LogP contribution in [0, 0.1) is 5.82 Å². The van der Waals surface area contributed by atoms with Crippen LogP contribution in [0.3, 0.4) is 0 Å². The molecule has 0 aliphatic carbocycles. The number of rotatable bonds is 1. The molecule has 0 saturated carbocycles. The first kappa shape index (κ1) is 11.5. The second-order valence-corrected chi connectivity index (χ2v) is 5.04. The molecule has 0 amide bonds. The molecule has 1 aromatic carbocycles. The van der Waals surface area contributed by atoms with Crippen LogP contribution in [0.1, 0.15) is 23.6 Å². The van der Waals surface area contributed by atoms with E-state index in [1.165, 1.54) is 5.69 Å². The highest BCUT2D eigenvalue weighted by molar-refractivity contribution is 6.33. The topological polar surface area (TPSA) is 43.8 Å². The number of nitrogens with zero attached hydrogens (tertiary/aromatic N) is 2. The van der Waals surface area contributed by atoms with Crippen LogP contribution in [-0.4, -0.2) is 9.55 Å². The summed E-state index contributed by atoms with van der Waals surface area (Å²) in [4.78, 5) is 4.11. The van der Waals surface area contributed by atoms with Crippen molar-refractivity contribution in [2.24, 2.45) is 0 Å². The van der Waals surface area contributed by atoms with Gasteiger partial charge in [0.2, 0.25) is 0 Å². The number of anilines is 1. The van der Waals surface area contributed by atoms with Gasteiger partial charge in [0, 0.05) is 24.4 Å². The van der Waals surface area contributed by atoms with Gasteiger partial charge in [-0.3, -0.25) is 0 Å². The summed E-state index contributed by atoms with van der Waals surface area (Å²) in [7, 11) is 0. The Morgan fingerprint density at radius 3 is 3.11 bits per heavy atom. The van der Waals surface area contributed by atoms with E-state index in [2.05, 4.69) is 9.55 Å². The molecule has 5 heteroatoms. The van der Waals surface area contributed by atoms with Crippen LogP contribution in [-0.2, 0) is 13.0 Å². The Morgan fingerprint density at radius 2 is 2.28 bits per heavy atom. The van der Waals surface area contributed by atoms with Crippen LogP contribution in [0.15, 0.2) is 24.7 Å². The Kier molecular flexibility index (Phi) is 2.74. The number of benzene rings is 1. The van der Waals surface area contributed by atoms with E-state index in [4.69, 9.17) is 17.3 Å². The molecule has 1 aliphatic heterocycles. The molecule has 0 spiro atoms. The minimum atomic E-state index is -0.379. The Balaban J connectivity index is 1.96. The standard InChI is InChI=1S/C13H13ClFN3/c14-11-4-3-10(12(15)13(11)16)8-1-2-9-5-17-7-18(9)6-8/h3-5,7-8H,1-2,6,16H2. The second-order valence-electron chi connectivity index (χ2n) is 4.64. The summed E-state index contributed by atoms with van der Waals surface area (Å²) in [6.45, 7) is 0.743. The van der Waals surface area contributed by atoms with Crippen molar-refractivity contribution in [3.63, 3.8) is 0 Å². The summed E-state index contributed by atoms with van der Waals surface area (Å²) in [5.41, 5.74) is 7.54. The summed E-state index contributed by atoms with van der Waals surface area (Å²) in [5, 5.41) is 0.273. The maximum atomic E-state index is 14.1. The van der Waals surface area contributed by atoms with E-state index in [9.17, 15) is 4.39 Å². The smallest absolute Gasteiger partial charge is 0.151 e. The van der Waals surface area contributed by atoms with Crippen LogP contribution in [0.5, 0.6) is 0 Å². The average Bonchev–Trinajstić information content (AvgIpc) is 2.83. The molecule has 1 atom stereocenters. The molecule has 0 radical (unpaired) electrons. The van der Waals surface area contributed by atoms with Crippen molar-refractivity contribution in [1.82, 2.24) is 9.55 Å². The molecule has 3 rings (SSSR count). The van der Waals surface area contributed by atoms with Gasteiger partial charge < -0.3 is 10.3 Å². The number of imidazole rings is 1. The minimum Gasteiger partial charge on any atom is -0.395 e. The molecule has 2 heterocycles. The zero-order chi connectivity index (χ0) is 12.7. The fourth-order valence-electron chi connectivity index (χ4n) is 2.53. The lowest BCUT2D eigenvalue weighted by Gasteiger charge is -2.25. The van der Waals surface area contributed by atoms with Crippen molar-refractivity contribution < 1.29 is 4.39 Å². The predicted octanol–water partition coefficient (Wildman–Crippen LogP) is 2.99. The van der Waals surface area contributed by atoms with E-state index in [-0.39, 0.29) is 22.4 Å². The Bertz CT molecular complexity index is 594. The van der Waals surface area contributed by atoms with Crippen molar-refractivity contribution in [2.75, 3.05) is 5.73 Å². The molecular weight excluding hydrogens is 253 g/mol. The number of aromatic nitrogens is 2. The van der Waals surface area contributed by atoms with Crippen LogP contribution in [0.2, 0.25) is 5.02 Å². The maximum absolute atomic E-state index is 14.1. The highest BCUT2D eigenvalue weighted by Gasteiger charge is 2.23. The number of fused-ring (bicyclic) bond motifs is 1. The van der Waals surface area contributed by atoms with E-state index in [1.807, 2.05) is 6.20 Å². The maximum Gasteiger partial charge on any atom is 0.151 e. The molecule has 2 N–H and O–H groups in total. The number of aryl methyl sites for hydroxylation is 1. The first-order chi connectivity index (χ1) is 8.66. The zero-order valence-electron chi connectivity index (χ0n) is 9.74. The number of halogens is 2. The van der Waals surface area contributed by atoms with Crippen molar-refractivity contribution in [2.45, 2.75) is 25.3 Å². The molecular formula is C13H13ClFN3. The normalized spacial score (nSPS) is 18.7. The summed E-state index contributed by atoms with van der Waals surface area (Å²) < 4.78 is 16.2. The van der Waals surface area contributed by atoms with Gasteiger partial charge in [0.05, 0.1) is 17.0 Å². The molecule has 1 aromatic heterocycles. The van der Waals surface area contributed by atoms with Crippen LogP contribution in [0.25, 0.3) is 0 Å². The largest absolute Gasteiger partial charge is 0.395 e. The number of hydrogen-bond donors (Lipinski definition) is 1. The second kappa shape index (κ2) is 4.28. The lowest BCUT2D eigenvalue weighted by molar-refractivity contribution is 0.447. The van der Waals surface area contributed by atoms with E-state index in [0.29, 0.717) is 5.56 Å². The lowest BCUT2D eigenvalue weighted by atomic mass is 9.90. The molecule has 1 aliphatic rings. The van der Waals surface area contributed by atoms with Crippen LogP contribution >= 0.6 is 11.6 Å². The third-order valence-corrected chi connectivity index (χ3v) is 3.89. The summed E-state index contributed by atoms with van der Waals surface area (Å²) >= 11 is 5.81. The summed E-state index contributed by atoms with van der Waals surface area (Å²) in [6, 6.07) is 3.40. The van der Waals surface area contributed by atoms with Gasteiger partial charge in [-0.05, 0) is 24.5 Å². The van der Waals surface area contributed by atoms with Crippen LogP contribution < -0.4 is 5.73 Å². The highest BCUT2D eigenvalue weighted by atomic mass is 35.5. The number of hydrogen-bond acceptors (Lipinski definition) is 2. The fraction of sp³-hybridized carbons (Fsp3) is 0.308. The molecule has 3 nitrogen and oxygen atoms in total. The number of nitrogens with two attached hydrogens (primary N) is 1. The monoisotopic (exact) mass is 265 g/mol. The van der Waals surface area contributed by atoms with Gasteiger partial charge >= 0.3 is 0 Å². The van der Waals surface area contributed by atoms with Gasteiger partial charge in [-0.25, -0.2) is 9.37 Å². The third kappa shape index (κ3) is 1.77. The lowest BCUT2D eigenvalue weighted by Crippen LogP contribution is -2.19. The molecule has 0 fully saturated rings. The van der Waals surface area contributed by atoms with Gasteiger partial charge in [-0.15, -0.1) is 0 Å². The van der Waals surface area contributed by atoms with Gasteiger partial charge in [-0.1, -0.05) is 17.7 Å². The van der Waals surface area contributed by atoms with Crippen molar-refractivity contribution in [3.05, 3.63) is 46.8 Å². The third-order valence-electron chi connectivity index (χ3n) is 3.56. The SMILES string of the molecule is Nc1c(Cl)ccc(C2CCc3cncn3C2)c1F. The van der Waals surface area contributed by atoms with Gasteiger partial charge in [0.1, 0.15) is 0 Å². The van der Waals surface area contributed by atoms with E-state index in [1.54, 1.807) is 18.5 Å². The van der Waals surface area contributed by atoms with E-state index >= 15 is 0 Å². The molecule has 2 aromatic rings. The minimum absolute atomic E-state index is 0.0468. The van der Waals surface area contributed by atoms with Gasteiger partial charge in [0.15, 0.2) is 5.82 Å². The Labute approximate surface area is 109 Å². The summed E-state index contributed by atoms with van der Waals surface area (Å²) in [6.07, 6.45) is 5.47. The van der Waals surface area contributed by atoms with Gasteiger partial charge in [-0.2, -0.15) is 0 Å². The summed E-state index contributed by atoms with van der Waals surface area (Å²) in [5.74, 6) is -0.248. The van der Waals surface area contributed by atoms with Crippen molar-refractivity contribution >= 4 is 17.3 Å². The van der Waals surface area contributed by atoms with Crippen molar-refractivity contribution in [3.8, 4) is 0 Å². The molecule has 0 saturated heterocycles. The van der Waals surface area contributed by atoms with E-state index in [0.717, 1.165) is 19.4 Å². The quantitative estimate of drug-likeness (QED) is 0.806. The highest BCUT2D eigenvalue weighted by Crippen LogP contribution is 2.34. The van der Waals surface area contributed by atoms with Crippen molar-refractivity contribution in [1.29, 1.82) is 0 Å². The first-order valence-corrected chi connectivity index (χ1v) is 6.27. The number of nitrogen functional groups attached to an aromatic ring is 1. The Hall–Kier alpha value is -1.55. The van der Waals surface area contributed by atoms with Gasteiger partial charge in [0.25, 0.3) is 0 Å². The molecule has 18 heavy (non-hydrogen) atoms.